The maximum absolute atomic E-state index is 5.70. The summed E-state index contributed by atoms with van der Waals surface area (Å²) in [6, 6.07) is -0.0525. The van der Waals surface area contributed by atoms with E-state index in [1.807, 2.05) is 31.8 Å². The van der Waals surface area contributed by atoms with E-state index in [9.17, 15) is 0 Å². The Bertz CT molecular complexity index is 365. The highest BCUT2D eigenvalue weighted by atomic mass is 79.9. The number of aromatic nitrogens is 2. The van der Waals surface area contributed by atoms with Crippen LogP contribution in [0.2, 0.25) is 0 Å². The van der Waals surface area contributed by atoms with Gasteiger partial charge in [-0.15, -0.1) is 0 Å². The number of hydrogen-bond donors (Lipinski definition) is 1. The lowest BCUT2D eigenvalue weighted by atomic mass is 10.2. The lowest BCUT2D eigenvalue weighted by Crippen LogP contribution is -2.36. The predicted molar refractivity (Wildman–Crippen MR) is 79.1 cm³/mol. The first-order chi connectivity index (χ1) is 9.19. The first kappa shape index (κ1) is 16.6. The van der Waals surface area contributed by atoms with E-state index in [2.05, 4.69) is 33.3 Å². The number of halogens is 1. The SMILES string of the molecule is CCCn1ncc(Br)c1C(NC)C(OCC)OCC. The summed E-state index contributed by atoms with van der Waals surface area (Å²) in [5.41, 5.74) is 1.07. The molecule has 0 saturated carbocycles. The molecule has 6 heteroatoms. The molecule has 0 amide bonds. The first-order valence-electron chi connectivity index (χ1n) is 6.81. The molecule has 1 atom stereocenters. The molecule has 110 valence electrons. The van der Waals surface area contributed by atoms with Crippen molar-refractivity contribution in [1.82, 2.24) is 15.1 Å². The van der Waals surface area contributed by atoms with Crippen LogP contribution in [-0.2, 0) is 16.0 Å². The third-order valence-electron chi connectivity index (χ3n) is 2.81. The van der Waals surface area contributed by atoms with E-state index < -0.39 is 0 Å². The smallest absolute Gasteiger partial charge is 0.178 e. The van der Waals surface area contributed by atoms with Gasteiger partial charge < -0.3 is 14.8 Å². The summed E-state index contributed by atoms with van der Waals surface area (Å²) in [4.78, 5) is 0. The minimum atomic E-state index is -0.316. The molecule has 0 aliphatic carbocycles. The number of likely N-dealkylation sites (N-methyl/N-ethyl adjacent to an activating group) is 1. The van der Waals surface area contributed by atoms with E-state index in [0.29, 0.717) is 13.2 Å². The average Bonchev–Trinajstić information content (AvgIpc) is 2.74. The van der Waals surface area contributed by atoms with E-state index in [4.69, 9.17) is 9.47 Å². The number of rotatable bonds is 9. The molecule has 0 spiro atoms. The fourth-order valence-electron chi connectivity index (χ4n) is 2.04. The van der Waals surface area contributed by atoms with Gasteiger partial charge in [-0.2, -0.15) is 5.10 Å². The van der Waals surface area contributed by atoms with Crippen LogP contribution >= 0.6 is 15.9 Å². The van der Waals surface area contributed by atoms with Crippen molar-refractivity contribution in [3.63, 3.8) is 0 Å². The zero-order valence-electron chi connectivity index (χ0n) is 12.1. The number of aryl methyl sites for hydroxylation is 1. The average molecular weight is 334 g/mol. The Morgan fingerprint density at radius 3 is 2.42 bits per heavy atom. The molecule has 0 bridgehead atoms. The second kappa shape index (κ2) is 8.68. The lowest BCUT2D eigenvalue weighted by Gasteiger charge is -2.27. The van der Waals surface area contributed by atoms with E-state index in [1.54, 1.807) is 0 Å². The van der Waals surface area contributed by atoms with E-state index in [-0.39, 0.29) is 12.3 Å². The van der Waals surface area contributed by atoms with Gasteiger partial charge in [0.15, 0.2) is 6.29 Å². The molecule has 1 rings (SSSR count). The van der Waals surface area contributed by atoms with Crippen LogP contribution in [0.25, 0.3) is 0 Å². The largest absolute Gasteiger partial charge is 0.351 e. The van der Waals surface area contributed by atoms with Crippen molar-refractivity contribution in [2.24, 2.45) is 0 Å². The van der Waals surface area contributed by atoms with Gasteiger partial charge in [0.05, 0.1) is 16.4 Å². The Labute approximate surface area is 123 Å². The molecule has 0 radical (unpaired) electrons. The topological polar surface area (TPSA) is 48.3 Å². The Kier molecular flexibility index (Phi) is 7.60. The van der Waals surface area contributed by atoms with Gasteiger partial charge in [-0.3, -0.25) is 4.68 Å². The molecule has 1 aromatic rings. The molecule has 0 fully saturated rings. The monoisotopic (exact) mass is 333 g/mol. The standard InChI is InChI=1S/C13H24BrN3O2/c1-5-8-17-12(10(14)9-16-17)11(15-4)13(18-6-2)19-7-3/h9,11,13,15H,5-8H2,1-4H3. The van der Waals surface area contributed by atoms with Crippen molar-refractivity contribution in [3.05, 3.63) is 16.4 Å². The molecule has 0 aliphatic rings. The normalized spacial score (nSPS) is 13.2. The number of ether oxygens (including phenoxy) is 2. The van der Waals surface area contributed by atoms with Gasteiger partial charge in [-0.05, 0) is 43.2 Å². The fraction of sp³-hybridized carbons (Fsp3) is 0.769. The van der Waals surface area contributed by atoms with E-state index in [1.165, 1.54) is 0 Å². The van der Waals surface area contributed by atoms with Crippen molar-refractivity contribution >= 4 is 15.9 Å². The van der Waals surface area contributed by atoms with Gasteiger partial charge in [0.2, 0.25) is 0 Å². The van der Waals surface area contributed by atoms with Gasteiger partial charge in [-0.25, -0.2) is 0 Å². The van der Waals surface area contributed by atoms with E-state index in [0.717, 1.165) is 23.1 Å². The summed E-state index contributed by atoms with van der Waals surface area (Å²) in [5, 5.41) is 7.67. The highest BCUT2D eigenvalue weighted by molar-refractivity contribution is 9.10. The third kappa shape index (κ3) is 4.27. The summed E-state index contributed by atoms with van der Waals surface area (Å²) in [5.74, 6) is 0. The number of hydrogen-bond acceptors (Lipinski definition) is 4. The Morgan fingerprint density at radius 1 is 1.32 bits per heavy atom. The maximum Gasteiger partial charge on any atom is 0.178 e. The number of nitrogens with one attached hydrogen (secondary N) is 1. The summed E-state index contributed by atoms with van der Waals surface area (Å²) >= 11 is 3.56. The van der Waals surface area contributed by atoms with Crippen LogP contribution in [0.1, 0.15) is 38.9 Å². The summed E-state index contributed by atoms with van der Waals surface area (Å²) in [6.45, 7) is 8.18. The Hall–Kier alpha value is -0.430. The van der Waals surface area contributed by atoms with E-state index >= 15 is 0 Å². The minimum absolute atomic E-state index is 0.0525. The van der Waals surface area contributed by atoms with Crippen LogP contribution < -0.4 is 5.32 Å². The van der Waals surface area contributed by atoms with Crippen LogP contribution in [0, 0.1) is 0 Å². The molecule has 1 heterocycles. The van der Waals surface area contributed by atoms with Crippen molar-refractivity contribution < 1.29 is 9.47 Å². The van der Waals surface area contributed by atoms with Crippen LogP contribution in [0.15, 0.2) is 10.7 Å². The van der Waals surface area contributed by atoms with Gasteiger partial charge in [0.1, 0.15) is 6.04 Å². The van der Waals surface area contributed by atoms with Crippen molar-refractivity contribution in [2.75, 3.05) is 20.3 Å². The molecule has 0 saturated heterocycles. The third-order valence-corrected chi connectivity index (χ3v) is 3.42. The van der Waals surface area contributed by atoms with Crippen molar-refractivity contribution in [3.8, 4) is 0 Å². The molecule has 1 N–H and O–H groups in total. The van der Waals surface area contributed by atoms with Gasteiger partial charge in [0.25, 0.3) is 0 Å². The second-order valence-corrected chi connectivity index (χ2v) is 5.00. The van der Waals surface area contributed by atoms with Crippen LogP contribution in [-0.4, -0.2) is 36.3 Å². The molecular weight excluding hydrogens is 310 g/mol. The van der Waals surface area contributed by atoms with Crippen LogP contribution in [0.3, 0.4) is 0 Å². The molecule has 5 nitrogen and oxygen atoms in total. The lowest BCUT2D eigenvalue weighted by molar-refractivity contribution is -0.155. The highest BCUT2D eigenvalue weighted by Crippen LogP contribution is 2.27. The molecule has 1 unspecified atom stereocenters. The predicted octanol–water partition coefficient (Wildman–Crippen LogP) is 2.72. The van der Waals surface area contributed by atoms with Gasteiger partial charge in [0, 0.05) is 19.8 Å². The second-order valence-electron chi connectivity index (χ2n) is 4.15. The summed E-state index contributed by atoms with van der Waals surface area (Å²) in [6.07, 6.45) is 2.54. The van der Waals surface area contributed by atoms with Crippen molar-refractivity contribution in [2.45, 2.75) is 46.1 Å². The molecule has 1 aromatic heterocycles. The van der Waals surface area contributed by atoms with Gasteiger partial charge >= 0.3 is 0 Å². The molecule has 19 heavy (non-hydrogen) atoms. The summed E-state index contributed by atoms with van der Waals surface area (Å²) in [7, 11) is 1.91. The molecular formula is C13H24BrN3O2. The fourth-order valence-corrected chi connectivity index (χ4v) is 2.58. The minimum Gasteiger partial charge on any atom is -0.351 e. The molecule has 0 aromatic carbocycles. The van der Waals surface area contributed by atoms with Gasteiger partial charge in [-0.1, -0.05) is 6.92 Å². The first-order valence-corrected chi connectivity index (χ1v) is 7.60. The molecule has 0 aliphatic heterocycles. The quantitative estimate of drug-likeness (QED) is 0.706. The Morgan fingerprint density at radius 2 is 1.95 bits per heavy atom. The zero-order chi connectivity index (χ0) is 14.3. The van der Waals surface area contributed by atoms with Crippen LogP contribution in [0.5, 0.6) is 0 Å². The maximum atomic E-state index is 5.70. The highest BCUT2D eigenvalue weighted by Gasteiger charge is 2.28. The Balaban J connectivity index is 3.02. The zero-order valence-corrected chi connectivity index (χ0v) is 13.7. The summed E-state index contributed by atoms with van der Waals surface area (Å²) < 4.78 is 14.4. The number of nitrogens with zero attached hydrogens (tertiary/aromatic N) is 2. The van der Waals surface area contributed by atoms with Crippen molar-refractivity contribution in [1.29, 1.82) is 0 Å². The van der Waals surface area contributed by atoms with Crippen LogP contribution in [0.4, 0.5) is 0 Å².